The average Bonchev–Trinajstić information content (AvgIpc) is 2.62. The van der Waals surface area contributed by atoms with Gasteiger partial charge in [0.15, 0.2) is 11.5 Å². The number of carbonyl (C=O) groups excluding carboxylic acids is 2. The van der Waals surface area contributed by atoms with Gasteiger partial charge >= 0.3 is 0 Å². The highest BCUT2D eigenvalue weighted by molar-refractivity contribution is 6.02. The Balaban J connectivity index is 2.21. The van der Waals surface area contributed by atoms with E-state index >= 15 is 0 Å². The lowest BCUT2D eigenvalue weighted by Crippen LogP contribution is -2.36. The van der Waals surface area contributed by atoms with E-state index in [4.69, 9.17) is 9.47 Å². The fourth-order valence-electron chi connectivity index (χ4n) is 2.60. The summed E-state index contributed by atoms with van der Waals surface area (Å²) in [4.78, 5) is 26.0. The molecule has 0 saturated heterocycles. The smallest absolute Gasteiger partial charge is 0.244 e. The molecule has 0 fully saturated rings. The van der Waals surface area contributed by atoms with Crippen LogP contribution in [0.1, 0.15) is 18.1 Å². The largest absolute Gasteiger partial charge is 0.493 e. The van der Waals surface area contributed by atoms with Gasteiger partial charge in [-0.05, 0) is 43.2 Å². The number of benzene rings is 2. The molecular weight excluding hydrogens is 332 g/mol. The van der Waals surface area contributed by atoms with E-state index in [9.17, 15) is 9.59 Å². The molecule has 0 heterocycles. The van der Waals surface area contributed by atoms with E-state index < -0.39 is 0 Å². The first-order valence-corrected chi connectivity index (χ1v) is 8.23. The molecule has 2 aromatic rings. The van der Waals surface area contributed by atoms with Gasteiger partial charge in [0.2, 0.25) is 11.8 Å². The van der Waals surface area contributed by atoms with Crippen molar-refractivity contribution in [1.29, 1.82) is 0 Å². The van der Waals surface area contributed by atoms with Crippen LogP contribution < -0.4 is 19.7 Å². The summed E-state index contributed by atoms with van der Waals surface area (Å²) in [6, 6.07) is 10.8. The van der Waals surface area contributed by atoms with Crippen molar-refractivity contribution >= 4 is 23.2 Å². The molecule has 0 spiro atoms. The molecule has 26 heavy (non-hydrogen) atoms. The Hall–Kier alpha value is -3.02. The molecule has 2 amide bonds. The zero-order valence-electron chi connectivity index (χ0n) is 15.8. The first kappa shape index (κ1) is 19.3. The minimum absolute atomic E-state index is 0.0990. The number of hydrogen-bond acceptors (Lipinski definition) is 4. The van der Waals surface area contributed by atoms with Gasteiger partial charge in [0.1, 0.15) is 6.54 Å². The molecule has 1 N–H and O–H groups in total. The number of amides is 2. The predicted octanol–water partition coefficient (Wildman–Crippen LogP) is 3.31. The minimum Gasteiger partial charge on any atom is -0.493 e. The molecule has 0 unspecified atom stereocenters. The van der Waals surface area contributed by atoms with Gasteiger partial charge in [-0.2, -0.15) is 0 Å². The van der Waals surface area contributed by atoms with Crippen LogP contribution in [0, 0.1) is 13.8 Å². The van der Waals surface area contributed by atoms with Gasteiger partial charge in [0.05, 0.1) is 14.2 Å². The monoisotopic (exact) mass is 356 g/mol. The molecule has 0 radical (unpaired) electrons. The molecular formula is C20H24N2O4. The summed E-state index contributed by atoms with van der Waals surface area (Å²) < 4.78 is 10.5. The van der Waals surface area contributed by atoms with Crippen molar-refractivity contribution in [2.24, 2.45) is 0 Å². The molecule has 0 aromatic heterocycles. The summed E-state index contributed by atoms with van der Waals surface area (Å²) >= 11 is 0. The lowest BCUT2D eigenvalue weighted by molar-refractivity contribution is -0.120. The highest BCUT2D eigenvalue weighted by Gasteiger charge is 2.18. The topological polar surface area (TPSA) is 67.9 Å². The van der Waals surface area contributed by atoms with Gasteiger partial charge in [0, 0.05) is 24.4 Å². The van der Waals surface area contributed by atoms with Crippen molar-refractivity contribution in [1.82, 2.24) is 0 Å². The Morgan fingerprint density at radius 2 is 1.73 bits per heavy atom. The van der Waals surface area contributed by atoms with Crippen molar-refractivity contribution in [2.45, 2.75) is 20.8 Å². The van der Waals surface area contributed by atoms with Gasteiger partial charge in [0.25, 0.3) is 0 Å². The number of aryl methyl sites for hydroxylation is 1. The Morgan fingerprint density at radius 3 is 2.35 bits per heavy atom. The maximum atomic E-state index is 12.5. The Labute approximate surface area is 153 Å². The molecule has 0 aliphatic carbocycles. The van der Waals surface area contributed by atoms with Gasteiger partial charge in [-0.15, -0.1) is 0 Å². The second kappa shape index (κ2) is 8.38. The van der Waals surface area contributed by atoms with E-state index in [0.717, 1.165) is 16.8 Å². The van der Waals surface area contributed by atoms with Crippen LogP contribution in [-0.2, 0) is 9.59 Å². The Morgan fingerprint density at radius 1 is 1.04 bits per heavy atom. The van der Waals surface area contributed by atoms with E-state index in [1.165, 1.54) is 26.0 Å². The molecule has 0 aliphatic rings. The molecule has 0 atom stereocenters. The van der Waals surface area contributed by atoms with E-state index in [0.29, 0.717) is 17.2 Å². The standard InChI is InChI=1S/C20H24N2O4/c1-13-7-6-8-17(14(13)2)21-20(24)12-22(15(3)23)16-9-10-18(25-4)19(11-16)26-5/h6-11H,12H2,1-5H3,(H,21,24). The molecule has 138 valence electrons. The molecule has 0 saturated carbocycles. The fourth-order valence-corrected chi connectivity index (χ4v) is 2.60. The van der Waals surface area contributed by atoms with E-state index in [1.807, 2.05) is 32.0 Å². The summed E-state index contributed by atoms with van der Waals surface area (Å²) in [6.45, 7) is 5.25. The van der Waals surface area contributed by atoms with Crippen LogP contribution in [0.5, 0.6) is 11.5 Å². The third-order valence-electron chi connectivity index (χ3n) is 4.24. The second-order valence-electron chi connectivity index (χ2n) is 5.94. The van der Waals surface area contributed by atoms with Crippen LogP contribution >= 0.6 is 0 Å². The number of anilines is 2. The Bertz CT molecular complexity index is 817. The summed E-state index contributed by atoms with van der Waals surface area (Å²) in [6.07, 6.45) is 0. The summed E-state index contributed by atoms with van der Waals surface area (Å²) in [5.74, 6) is 0.530. The van der Waals surface area contributed by atoms with E-state index in [-0.39, 0.29) is 18.4 Å². The lowest BCUT2D eigenvalue weighted by Gasteiger charge is -2.22. The highest BCUT2D eigenvalue weighted by atomic mass is 16.5. The third-order valence-corrected chi connectivity index (χ3v) is 4.24. The SMILES string of the molecule is COc1ccc(N(CC(=O)Nc2cccc(C)c2C)C(C)=O)cc1OC. The van der Waals surface area contributed by atoms with Crippen LogP contribution in [0.2, 0.25) is 0 Å². The van der Waals surface area contributed by atoms with Gasteiger partial charge in [-0.1, -0.05) is 12.1 Å². The highest BCUT2D eigenvalue weighted by Crippen LogP contribution is 2.31. The van der Waals surface area contributed by atoms with Gasteiger partial charge < -0.3 is 19.7 Å². The first-order chi connectivity index (χ1) is 12.4. The molecule has 0 aliphatic heterocycles. The quantitative estimate of drug-likeness (QED) is 0.862. The third kappa shape index (κ3) is 4.33. The average molecular weight is 356 g/mol. The maximum Gasteiger partial charge on any atom is 0.244 e. The zero-order valence-corrected chi connectivity index (χ0v) is 15.8. The number of rotatable bonds is 6. The molecule has 0 bridgehead atoms. The Kier molecular flexibility index (Phi) is 6.22. The predicted molar refractivity (Wildman–Crippen MR) is 102 cm³/mol. The number of ether oxygens (including phenoxy) is 2. The number of nitrogens with one attached hydrogen (secondary N) is 1. The normalized spacial score (nSPS) is 10.2. The van der Waals surface area contributed by atoms with E-state index in [2.05, 4.69) is 5.32 Å². The minimum atomic E-state index is -0.274. The van der Waals surface area contributed by atoms with Crippen molar-refractivity contribution in [3.05, 3.63) is 47.5 Å². The van der Waals surface area contributed by atoms with Crippen molar-refractivity contribution < 1.29 is 19.1 Å². The molecule has 2 rings (SSSR count). The van der Waals surface area contributed by atoms with Crippen LogP contribution in [0.3, 0.4) is 0 Å². The van der Waals surface area contributed by atoms with E-state index in [1.54, 1.807) is 18.2 Å². The van der Waals surface area contributed by atoms with Gasteiger partial charge in [-0.25, -0.2) is 0 Å². The van der Waals surface area contributed by atoms with Crippen LogP contribution in [0.15, 0.2) is 36.4 Å². The zero-order chi connectivity index (χ0) is 19.3. The fraction of sp³-hybridized carbons (Fsp3) is 0.300. The van der Waals surface area contributed by atoms with Crippen molar-refractivity contribution in [2.75, 3.05) is 31.0 Å². The number of nitrogens with zero attached hydrogens (tertiary/aromatic N) is 1. The number of hydrogen-bond donors (Lipinski definition) is 1. The lowest BCUT2D eigenvalue weighted by atomic mass is 10.1. The summed E-state index contributed by atoms with van der Waals surface area (Å²) in [7, 11) is 3.06. The number of carbonyl (C=O) groups is 2. The molecule has 6 heteroatoms. The maximum absolute atomic E-state index is 12.5. The second-order valence-corrected chi connectivity index (χ2v) is 5.94. The van der Waals surface area contributed by atoms with Crippen molar-refractivity contribution in [3.63, 3.8) is 0 Å². The van der Waals surface area contributed by atoms with Crippen LogP contribution in [-0.4, -0.2) is 32.6 Å². The summed E-state index contributed by atoms with van der Waals surface area (Å²) in [5.41, 5.74) is 3.39. The first-order valence-electron chi connectivity index (χ1n) is 8.23. The summed E-state index contributed by atoms with van der Waals surface area (Å²) in [5, 5.41) is 2.87. The van der Waals surface area contributed by atoms with Crippen molar-refractivity contribution in [3.8, 4) is 11.5 Å². The van der Waals surface area contributed by atoms with Crippen LogP contribution in [0.25, 0.3) is 0 Å². The van der Waals surface area contributed by atoms with Gasteiger partial charge in [-0.3, -0.25) is 9.59 Å². The molecule has 2 aromatic carbocycles. The molecule has 6 nitrogen and oxygen atoms in total. The van der Waals surface area contributed by atoms with Crippen LogP contribution in [0.4, 0.5) is 11.4 Å². The number of methoxy groups -OCH3 is 2.